The Morgan fingerprint density at radius 2 is 2.17 bits per heavy atom. The third-order valence-electron chi connectivity index (χ3n) is 3.71. The van der Waals surface area contributed by atoms with Crippen molar-refractivity contribution in [1.82, 2.24) is 14.7 Å². The maximum atomic E-state index is 12.0. The van der Waals surface area contributed by atoms with Gasteiger partial charge >= 0.3 is 6.03 Å². The van der Waals surface area contributed by atoms with Gasteiger partial charge in [-0.2, -0.15) is 5.10 Å². The smallest absolute Gasteiger partial charge is 0.315 e. The first-order chi connectivity index (χ1) is 8.70. The monoisotopic (exact) mass is 248 g/mol. The fourth-order valence-corrected chi connectivity index (χ4v) is 2.35. The number of anilines is 1. The summed E-state index contributed by atoms with van der Waals surface area (Å²) >= 11 is 0. The molecule has 1 aromatic heterocycles. The third-order valence-corrected chi connectivity index (χ3v) is 3.71. The highest BCUT2D eigenvalue weighted by Gasteiger charge is 2.37. The van der Waals surface area contributed by atoms with Crippen LogP contribution >= 0.6 is 0 Å². The fraction of sp³-hybridized carbons (Fsp3) is 0.583. The van der Waals surface area contributed by atoms with Crippen LogP contribution in [0.25, 0.3) is 0 Å². The first-order valence-corrected chi connectivity index (χ1v) is 6.36. The minimum Gasteiger partial charge on any atom is -0.315 e. The number of aromatic nitrogens is 2. The Bertz CT molecular complexity index is 492. The van der Waals surface area contributed by atoms with Crippen LogP contribution < -0.4 is 4.90 Å². The quantitative estimate of drug-likeness (QED) is 0.760. The van der Waals surface area contributed by atoms with E-state index in [4.69, 9.17) is 0 Å². The molecule has 3 rings (SSSR count). The van der Waals surface area contributed by atoms with Gasteiger partial charge in [-0.3, -0.25) is 9.48 Å². The highest BCUT2D eigenvalue weighted by atomic mass is 16.2. The zero-order chi connectivity index (χ0) is 12.7. The van der Waals surface area contributed by atoms with Crippen LogP contribution in [0.5, 0.6) is 0 Å². The molecule has 1 aliphatic heterocycles. The van der Waals surface area contributed by atoms with Gasteiger partial charge in [0.2, 0.25) is 0 Å². The maximum Gasteiger partial charge on any atom is 0.331 e. The number of carbonyl (C=O) groups excluding carboxylic acids is 2. The van der Waals surface area contributed by atoms with Gasteiger partial charge in [0.15, 0.2) is 0 Å². The van der Waals surface area contributed by atoms with E-state index in [0.29, 0.717) is 18.3 Å². The number of hydrogen-bond acceptors (Lipinski definition) is 3. The summed E-state index contributed by atoms with van der Waals surface area (Å²) in [4.78, 5) is 26.6. The molecule has 1 aliphatic carbocycles. The summed E-state index contributed by atoms with van der Waals surface area (Å²) in [6.45, 7) is 2.59. The van der Waals surface area contributed by atoms with Crippen LogP contribution in [0.3, 0.4) is 0 Å². The summed E-state index contributed by atoms with van der Waals surface area (Å²) in [7, 11) is 0. The molecule has 1 saturated carbocycles. The number of hydrogen-bond donors (Lipinski definition) is 0. The Morgan fingerprint density at radius 1 is 1.39 bits per heavy atom. The molecule has 0 unspecified atom stereocenters. The van der Waals surface area contributed by atoms with Gasteiger partial charge in [0, 0.05) is 12.7 Å². The molecule has 18 heavy (non-hydrogen) atoms. The SMILES string of the molecule is CCN1CC(=O)N(c2cnn(C3CCC3)c2)C1=O. The van der Waals surface area contributed by atoms with E-state index in [1.165, 1.54) is 16.2 Å². The molecule has 2 fully saturated rings. The van der Waals surface area contributed by atoms with Crippen LogP contribution in [0.4, 0.5) is 10.5 Å². The standard InChI is InChI=1S/C12H16N4O2/c1-2-14-8-11(17)16(12(14)18)10-6-13-15(7-10)9-4-3-5-9/h6-7,9H,2-5,8H2,1H3. The summed E-state index contributed by atoms with van der Waals surface area (Å²) in [5.74, 6) is -0.171. The van der Waals surface area contributed by atoms with Crippen LogP contribution in [0.15, 0.2) is 12.4 Å². The topological polar surface area (TPSA) is 58.4 Å². The van der Waals surface area contributed by atoms with Gasteiger partial charge in [-0.25, -0.2) is 9.69 Å². The zero-order valence-electron chi connectivity index (χ0n) is 10.4. The third kappa shape index (κ3) is 1.60. The lowest BCUT2D eigenvalue weighted by molar-refractivity contribution is -0.116. The van der Waals surface area contributed by atoms with Crippen LogP contribution in [-0.4, -0.2) is 39.7 Å². The van der Waals surface area contributed by atoms with Gasteiger partial charge in [0.25, 0.3) is 5.91 Å². The fourth-order valence-electron chi connectivity index (χ4n) is 2.35. The molecule has 96 valence electrons. The van der Waals surface area contributed by atoms with E-state index >= 15 is 0 Å². The van der Waals surface area contributed by atoms with Crippen molar-refractivity contribution in [3.63, 3.8) is 0 Å². The molecule has 1 aromatic rings. The van der Waals surface area contributed by atoms with E-state index in [1.54, 1.807) is 12.4 Å². The summed E-state index contributed by atoms with van der Waals surface area (Å²) in [6.07, 6.45) is 6.89. The van der Waals surface area contributed by atoms with Crippen molar-refractivity contribution in [1.29, 1.82) is 0 Å². The van der Waals surface area contributed by atoms with Crippen molar-refractivity contribution in [2.75, 3.05) is 18.0 Å². The van der Waals surface area contributed by atoms with Crippen molar-refractivity contribution < 1.29 is 9.59 Å². The lowest BCUT2D eigenvalue weighted by atomic mass is 9.93. The largest absolute Gasteiger partial charge is 0.331 e. The number of rotatable bonds is 3. The van der Waals surface area contributed by atoms with Gasteiger partial charge < -0.3 is 4.90 Å². The second kappa shape index (κ2) is 4.12. The first kappa shape index (κ1) is 11.3. The van der Waals surface area contributed by atoms with Crippen LogP contribution in [0.2, 0.25) is 0 Å². The van der Waals surface area contributed by atoms with Crippen LogP contribution in [0, 0.1) is 0 Å². The normalized spacial score (nSPS) is 20.7. The van der Waals surface area contributed by atoms with Gasteiger partial charge in [0.05, 0.1) is 17.9 Å². The molecule has 6 heteroatoms. The van der Waals surface area contributed by atoms with Gasteiger partial charge in [-0.15, -0.1) is 0 Å². The molecule has 2 heterocycles. The average molecular weight is 248 g/mol. The molecular weight excluding hydrogens is 232 g/mol. The summed E-state index contributed by atoms with van der Waals surface area (Å²) < 4.78 is 1.87. The second-order valence-electron chi connectivity index (χ2n) is 4.79. The van der Waals surface area contributed by atoms with E-state index in [1.807, 2.05) is 11.6 Å². The number of urea groups is 1. The number of amides is 3. The Kier molecular flexibility index (Phi) is 2.57. The Hall–Kier alpha value is -1.85. The number of carbonyl (C=O) groups is 2. The molecule has 0 atom stereocenters. The summed E-state index contributed by atoms with van der Waals surface area (Å²) in [6, 6.07) is 0.199. The highest BCUT2D eigenvalue weighted by molar-refractivity contribution is 6.19. The van der Waals surface area contributed by atoms with Gasteiger partial charge in [-0.1, -0.05) is 0 Å². The van der Waals surface area contributed by atoms with E-state index in [-0.39, 0.29) is 18.5 Å². The summed E-state index contributed by atoms with van der Waals surface area (Å²) in [5.41, 5.74) is 0.591. The minimum absolute atomic E-state index is 0.171. The molecule has 2 aliphatic rings. The molecule has 0 aromatic carbocycles. The van der Waals surface area contributed by atoms with Crippen molar-refractivity contribution >= 4 is 17.6 Å². The number of nitrogens with zero attached hydrogens (tertiary/aromatic N) is 4. The highest BCUT2D eigenvalue weighted by Crippen LogP contribution is 2.32. The van der Waals surface area contributed by atoms with Crippen molar-refractivity contribution in [3.8, 4) is 0 Å². The molecular formula is C12H16N4O2. The zero-order valence-corrected chi connectivity index (χ0v) is 10.4. The van der Waals surface area contributed by atoms with Gasteiger partial charge in [-0.05, 0) is 26.2 Å². The average Bonchev–Trinajstić information content (AvgIpc) is 2.82. The predicted molar refractivity (Wildman–Crippen MR) is 65.2 cm³/mol. The Labute approximate surface area is 105 Å². The lowest BCUT2D eigenvalue weighted by Gasteiger charge is -2.25. The molecule has 0 N–H and O–H groups in total. The van der Waals surface area contributed by atoms with Crippen molar-refractivity contribution in [2.45, 2.75) is 32.2 Å². The van der Waals surface area contributed by atoms with E-state index in [0.717, 1.165) is 12.8 Å². The van der Waals surface area contributed by atoms with Gasteiger partial charge in [0.1, 0.15) is 6.54 Å². The number of likely N-dealkylation sites (N-methyl/N-ethyl adjacent to an activating group) is 1. The van der Waals surface area contributed by atoms with Crippen LogP contribution in [-0.2, 0) is 4.79 Å². The minimum atomic E-state index is -0.240. The molecule has 6 nitrogen and oxygen atoms in total. The number of imide groups is 1. The predicted octanol–water partition coefficient (Wildman–Crippen LogP) is 1.40. The molecule has 0 spiro atoms. The molecule has 0 bridgehead atoms. The van der Waals surface area contributed by atoms with Crippen molar-refractivity contribution in [3.05, 3.63) is 12.4 Å². The second-order valence-corrected chi connectivity index (χ2v) is 4.79. The van der Waals surface area contributed by atoms with E-state index in [9.17, 15) is 9.59 Å². The van der Waals surface area contributed by atoms with Crippen LogP contribution in [0.1, 0.15) is 32.2 Å². The molecule has 3 amide bonds. The summed E-state index contributed by atoms with van der Waals surface area (Å²) in [5, 5.41) is 4.25. The maximum absolute atomic E-state index is 12.0. The Balaban J connectivity index is 1.83. The van der Waals surface area contributed by atoms with E-state index < -0.39 is 0 Å². The Morgan fingerprint density at radius 3 is 2.72 bits per heavy atom. The van der Waals surface area contributed by atoms with Crippen molar-refractivity contribution in [2.24, 2.45) is 0 Å². The lowest BCUT2D eigenvalue weighted by Crippen LogP contribution is -2.32. The van der Waals surface area contributed by atoms with E-state index in [2.05, 4.69) is 5.10 Å². The first-order valence-electron chi connectivity index (χ1n) is 6.36. The molecule has 0 radical (unpaired) electrons. The molecule has 1 saturated heterocycles.